The van der Waals surface area contributed by atoms with Crippen LogP contribution in [0.25, 0.3) is 22.0 Å². The van der Waals surface area contributed by atoms with Gasteiger partial charge in [0.2, 0.25) is 0 Å². The zero-order valence-electron chi connectivity index (χ0n) is 17.7. The standard InChI is InChI=1S/C24H23N5O2S/c1-31-18-4-2-3-16(11-18)24-26-12-19(32-24)13-29-10-9-21-20(14-29)23(30)28-22(27-21)15-5-7-17(25)8-6-15/h2-8,11-12H,9-10,13-14,25H2,1H3,(H,27,28,30). The molecule has 162 valence electrons. The second-order valence-electron chi connectivity index (χ2n) is 7.79. The Morgan fingerprint density at radius 2 is 2.03 bits per heavy atom. The van der Waals surface area contributed by atoms with Gasteiger partial charge in [-0.1, -0.05) is 12.1 Å². The first kappa shape index (κ1) is 20.4. The van der Waals surface area contributed by atoms with E-state index in [1.165, 1.54) is 0 Å². The van der Waals surface area contributed by atoms with Crippen LogP contribution in [0.5, 0.6) is 5.75 Å². The number of nitrogens with one attached hydrogen (secondary N) is 1. The summed E-state index contributed by atoms with van der Waals surface area (Å²) in [6.07, 6.45) is 2.66. The van der Waals surface area contributed by atoms with Crippen LogP contribution in [0, 0.1) is 0 Å². The number of fused-ring (bicyclic) bond motifs is 1. The largest absolute Gasteiger partial charge is 0.497 e. The SMILES string of the molecule is COc1cccc(-c2ncc(CN3CCc4nc(-c5ccc(N)cc5)[nH]c(=O)c4C3)s2)c1. The Kier molecular flexibility index (Phi) is 5.46. The minimum atomic E-state index is -0.0760. The van der Waals surface area contributed by atoms with Gasteiger partial charge in [0, 0.05) is 53.9 Å². The quantitative estimate of drug-likeness (QED) is 0.455. The Bertz CT molecular complexity index is 1310. The van der Waals surface area contributed by atoms with Crippen molar-refractivity contribution in [2.24, 2.45) is 0 Å². The molecule has 1 aliphatic rings. The van der Waals surface area contributed by atoms with Gasteiger partial charge in [0.05, 0.1) is 18.4 Å². The molecule has 4 aromatic rings. The molecule has 0 saturated carbocycles. The number of ether oxygens (including phenoxy) is 1. The lowest BCUT2D eigenvalue weighted by molar-refractivity contribution is 0.244. The molecule has 0 amide bonds. The number of anilines is 1. The summed E-state index contributed by atoms with van der Waals surface area (Å²) in [4.78, 5) is 28.5. The van der Waals surface area contributed by atoms with E-state index >= 15 is 0 Å². The summed E-state index contributed by atoms with van der Waals surface area (Å²) in [7, 11) is 1.66. The van der Waals surface area contributed by atoms with Crippen molar-refractivity contribution in [3.8, 4) is 27.7 Å². The van der Waals surface area contributed by atoms with E-state index in [2.05, 4.69) is 14.9 Å². The number of nitrogens with two attached hydrogens (primary N) is 1. The summed E-state index contributed by atoms with van der Waals surface area (Å²) >= 11 is 1.67. The van der Waals surface area contributed by atoms with Gasteiger partial charge in [-0.2, -0.15) is 0 Å². The lowest BCUT2D eigenvalue weighted by Crippen LogP contribution is -2.35. The summed E-state index contributed by atoms with van der Waals surface area (Å²) in [6.45, 7) is 2.17. The van der Waals surface area contributed by atoms with Gasteiger partial charge in [0.25, 0.3) is 5.56 Å². The third-order valence-corrected chi connectivity index (χ3v) is 6.61. The van der Waals surface area contributed by atoms with Crippen molar-refractivity contribution in [1.29, 1.82) is 0 Å². The number of nitrogen functional groups attached to an aromatic ring is 1. The fourth-order valence-electron chi connectivity index (χ4n) is 3.88. The number of aromatic amines is 1. The minimum Gasteiger partial charge on any atom is -0.497 e. The molecule has 3 heterocycles. The van der Waals surface area contributed by atoms with Crippen LogP contribution in [0.15, 0.2) is 59.5 Å². The van der Waals surface area contributed by atoms with Crippen LogP contribution in [-0.2, 0) is 19.5 Å². The first-order valence-corrected chi connectivity index (χ1v) is 11.2. The van der Waals surface area contributed by atoms with E-state index in [1.54, 1.807) is 18.4 Å². The highest BCUT2D eigenvalue weighted by atomic mass is 32.1. The van der Waals surface area contributed by atoms with Gasteiger partial charge in [-0.15, -0.1) is 11.3 Å². The Hall–Kier alpha value is -3.49. The molecular weight excluding hydrogens is 422 g/mol. The lowest BCUT2D eigenvalue weighted by atomic mass is 10.1. The highest BCUT2D eigenvalue weighted by Gasteiger charge is 2.22. The Morgan fingerprint density at radius 3 is 2.84 bits per heavy atom. The lowest BCUT2D eigenvalue weighted by Gasteiger charge is -2.27. The summed E-state index contributed by atoms with van der Waals surface area (Å²) < 4.78 is 5.32. The average Bonchev–Trinajstić information content (AvgIpc) is 3.28. The van der Waals surface area contributed by atoms with E-state index in [9.17, 15) is 4.79 Å². The monoisotopic (exact) mass is 445 g/mol. The van der Waals surface area contributed by atoms with Crippen molar-refractivity contribution < 1.29 is 4.74 Å². The van der Waals surface area contributed by atoms with E-state index < -0.39 is 0 Å². The molecule has 2 aromatic heterocycles. The van der Waals surface area contributed by atoms with Crippen molar-refractivity contribution in [3.63, 3.8) is 0 Å². The number of nitrogens with zero attached hydrogens (tertiary/aromatic N) is 3. The first-order chi connectivity index (χ1) is 15.6. The van der Waals surface area contributed by atoms with Gasteiger partial charge in [-0.3, -0.25) is 9.69 Å². The van der Waals surface area contributed by atoms with E-state index in [-0.39, 0.29) is 5.56 Å². The van der Waals surface area contributed by atoms with Crippen LogP contribution in [0.2, 0.25) is 0 Å². The number of rotatable bonds is 5. The molecule has 7 nitrogen and oxygen atoms in total. The summed E-state index contributed by atoms with van der Waals surface area (Å²) in [5.41, 5.74) is 9.89. The summed E-state index contributed by atoms with van der Waals surface area (Å²) in [5.74, 6) is 1.41. The predicted molar refractivity (Wildman–Crippen MR) is 127 cm³/mol. The third kappa shape index (κ3) is 4.15. The van der Waals surface area contributed by atoms with Gasteiger partial charge in [-0.05, 0) is 36.4 Å². The van der Waals surface area contributed by atoms with E-state index in [4.69, 9.17) is 15.5 Å². The van der Waals surface area contributed by atoms with Crippen molar-refractivity contribution in [2.45, 2.75) is 19.5 Å². The molecule has 0 spiro atoms. The van der Waals surface area contributed by atoms with Crippen molar-refractivity contribution in [3.05, 3.63) is 81.2 Å². The Morgan fingerprint density at radius 1 is 1.19 bits per heavy atom. The van der Waals surface area contributed by atoms with Gasteiger partial charge < -0.3 is 15.5 Å². The predicted octanol–water partition coefficient (Wildman–Crippen LogP) is 3.71. The van der Waals surface area contributed by atoms with Gasteiger partial charge in [-0.25, -0.2) is 9.97 Å². The fraction of sp³-hybridized carbons (Fsp3) is 0.208. The van der Waals surface area contributed by atoms with Crippen molar-refractivity contribution in [2.75, 3.05) is 19.4 Å². The molecular formula is C24H23N5O2S. The van der Waals surface area contributed by atoms with E-state index in [0.29, 0.717) is 18.1 Å². The number of benzene rings is 2. The van der Waals surface area contributed by atoms with Crippen LogP contribution in [0.4, 0.5) is 5.69 Å². The molecule has 5 rings (SSSR count). The summed E-state index contributed by atoms with van der Waals surface area (Å²) in [5, 5.41) is 0.962. The highest BCUT2D eigenvalue weighted by molar-refractivity contribution is 7.15. The normalized spacial score (nSPS) is 13.7. The second-order valence-corrected chi connectivity index (χ2v) is 8.90. The minimum absolute atomic E-state index is 0.0760. The topological polar surface area (TPSA) is 97.1 Å². The smallest absolute Gasteiger partial charge is 0.255 e. The molecule has 0 atom stereocenters. The molecule has 3 N–H and O–H groups in total. The van der Waals surface area contributed by atoms with E-state index in [0.717, 1.165) is 57.5 Å². The van der Waals surface area contributed by atoms with Crippen molar-refractivity contribution in [1.82, 2.24) is 19.9 Å². The maximum absolute atomic E-state index is 12.8. The number of aromatic nitrogens is 3. The first-order valence-electron chi connectivity index (χ1n) is 10.4. The van der Waals surface area contributed by atoms with Crippen LogP contribution in [0.1, 0.15) is 16.1 Å². The van der Waals surface area contributed by atoms with Crippen molar-refractivity contribution >= 4 is 17.0 Å². The molecule has 0 aliphatic carbocycles. The van der Waals surface area contributed by atoms with E-state index in [1.807, 2.05) is 54.7 Å². The van der Waals surface area contributed by atoms with Gasteiger partial charge >= 0.3 is 0 Å². The second kappa shape index (κ2) is 8.57. The number of methoxy groups -OCH3 is 1. The Balaban J connectivity index is 1.32. The molecule has 8 heteroatoms. The maximum Gasteiger partial charge on any atom is 0.255 e. The molecule has 0 radical (unpaired) electrons. The molecule has 0 bridgehead atoms. The van der Waals surface area contributed by atoms with Gasteiger partial charge in [0.1, 0.15) is 16.6 Å². The van der Waals surface area contributed by atoms with Crippen LogP contribution < -0.4 is 16.0 Å². The Labute approximate surface area is 189 Å². The number of thiazole rings is 1. The molecule has 0 fully saturated rings. The number of hydrogen-bond donors (Lipinski definition) is 2. The number of hydrogen-bond acceptors (Lipinski definition) is 7. The average molecular weight is 446 g/mol. The summed E-state index contributed by atoms with van der Waals surface area (Å²) in [6, 6.07) is 15.3. The molecule has 0 unspecified atom stereocenters. The fourth-order valence-corrected chi connectivity index (χ4v) is 4.84. The zero-order valence-corrected chi connectivity index (χ0v) is 18.5. The van der Waals surface area contributed by atoms with Gasteiger partial charge in [0.15, 0.2) is 0 Å². The zero-order chi connectivity index (χ0) is 22.1. The molecule has 32 heavy (non-hydrogen) atoms. The highest BCUT2D eigenvalue weighted by Crippen LogP contribution is 2.29. The molecule has 1 aliphatic heterocycles. The molecule has 0 saturated heterocycles. The van der Waals surface area contributed by atoms with Crippen LogP contribution >= 0.6 is 11.3 Å². The molecule has 2 aromatic carbocycles. The van der Waals surface area contributed by atoms with Crippen LogP contribution in [-0.4, -0.2) is 33.5 Å². The third-order valence-electron chi connectivity index (χ3n) is 5.58. The number of H-pyrrole nitrogens is 1. The maximum atomic E-state index is 12.8. The van der Waals surface area contributed by atoms with Crippen LogP contribution in [0.3, 0.4) is 0 Å².